The molecule has 1 aliphatic rings. The summed E-state index contributed by atoms with van der Waals surface area (Å²) in [5, 5.41) is 17.5. The molecule has 0 atom stereocenters. The van der Waals surface area contributed by atoms with Crippen molar-refractivity contribution in [2.24, 2.45) is 21.9 Å². The van der Waals surface area contributed by atoms with Crippen molar-refractivity contribution in [3.05, 3.63) is 28.0 Å². The van der Waals surface area contributed by atoms with Gasteiger partial charge >= 0.3 is 5.88 Å². The van der Waals surface area contributed by atoms with E-state index in [1.807, 2.05) is 6.92 Å². The van der Waals surface area contributed by atoms with Crippen LogP contribution in [0, 0.1) is 16.0 Å². The van der Waals surface area contributed by atoms with E-state index < -0.39 is 15.9 Å². The molecule has 2 N–H and O–H groups in total. The van der Waals surface area contributed by atoms with Gasteiger partial charge in [0.25, 0.3) is 5.12 Å². The molecular formula is C11H12N4O4S. The maximum Gasteiger partial charge on any atom is 0.433 e. The number of hydrogen-bond donors (Lipinski definition) is 1. The summed E-state index contributed by atoms with van der Waals surface area (Å²) in [6.45, 7) is 1.86. The molecule has 1 saturated carbocycles. The van der Waals surface area contributed by atoms with Crippen LogP contribution in [-0.2, 0) is 0 Å². The van der Waals surface area contributed by atoms with Crippen molar-refractivity contribution in [3.63, 3.8) is 0 Å². The molecule has 1 aliphatic carbocycles. The van der Waals surface area contributed by atoms with E-state index in [1.165, 1.54) is 6.07 Å². The number of carbonyl (C=O) groups excluding carboxylic acids is 1. The number of amidine groups is 1. The van der Waals surface area contributed by atoms with E-state index in [1.54, 1.807) is 0 Å². The fourth-order valence-electron chi connectivity index (χ4n) is 1.41. The number of furan rings is 1. The van der Waals surface area contributed by atoms with E-state index in [9.17, 15) is 14.9 Å². The second-order valence-corrected chi connectivity index (χ2v) is 5.23. The zero-order chi connectivity index (χ0) is 14.7. The molecule has 1 aromatic heterocycles. The van der Waals surface area contributed by atoms with Crippen LogP contribution >= 0.6 is 11.8 Å². The molecule has 106 valence electrons. The first-order chi connectivity index (χ1) is 9.47. The largest absolute Gasteiger partial charge is 0.433 e. The Hall–Kier alpha value is -2.16. The average Bonchev–Trinajstić information content (AvgIpc) is 3.12. The van der Waals surface area contributed by atoms with Crippen LogP contribution in [0.1, 0.15) is 30.3 Å². The number of thioether (sulfide) groups is 1. The second-order valence-electron chi connectivity index (χ2n) is 4.24. The standard InChI is InChI=1S/C11H12N4O4S/c1-6(7-2-3-7)13-14-11(12)20-10(16)8-4-5-9(19-8)15(17)18/h4-5,7H,2-3H2,1H3,(H2,12,14). The van der Waals surface area contributed by atoms with Gasteiger partial charge in [-0.3, -0.25) is 14.9 Å². The molecule has 0 aromatic carbocycles. The first-order valence-electron chi connectivity index (χ1n) is 5.81. The lowest BCUT2D eigenvalue weighted by Gasteiger charge is -1.96. The molecule has 1 aromatic rings. The minimum absolute atomic E-state index is 0.0333. The summed E-state index contributed by atoms with van der Waals surface area (Å²) in [4.78, 5) is 21.4. The zero-order valence-electron chi connectivity index (χ0n) is 10.6. The van der Waals surface area contributed by atoms with Crippen molar-refractivity contribution in [1.82, 2.24) is 0 Å². The van der Waals surface area contributed by atoms with Crippen LogP contribution in [0.5, 0.6) is 0 Å². The molecule has 0 amide bonds. The smallest absolute Gasteiger partial charge is 0.396 e. The van der Waals surface area contributed by atoms with E-state index in [2.05, 4.69) is 10.2 Å². The van der Waals surface area contributed by atoms with Crippen molar-refractivity contribution >= 4 is 33.6 Å². The molecule has 0 bridgehead atoms. The summed E-state index contributed by atoms with van der Waals surface area (Å²) in [6.07, 6.45) is 2.21. The van der Waals surface area contributed by atoms with Gasteiger partial charge in [0.05, 0.1) is 6.07 Å². The van der Waals surface area contributed by atoms with E-state index in [0.717, 1.165) is 24.6 Å². The summed E-state index contributed by atoms with van der Waals surface area (Å²) in [6, 6.07) is 2.33. The van der Waals surface area contributed by atoms with Crippen molar-refractivity contribution in [3.8, 4) is 0 Å². The van der Waals surface area contributed by atoms with Gasteiger partial charge in [0.15, 0.2) is 10.9 Å². The van der Waals surface area contributed by atoms with Crippen molar-refractivity contribution in [2.75, 3.05) is 0 Å². The van der Waals surface area contributed by atoms with Crippen LogP contribution in [0.4, 0.5) is 5.88 Å². The summed E-state index contributed by atoms with van der Waals surface area (Å²) in [5.74, 6) is -0.172. The maximum atomic E-state index is 11.7. The van der Waals surface area contributed by atoms with Gasteiger partial charge in [0.2, 0.25) is 0 Å². The highest BCUT2D eigenvalue weighted by Crippen LogP contribution is 2.30. The predicted octanol–water partition coefficient (Wildman–Crippen LogP) is 2.16. The van der Waals surface area contributed by atoms with E-state index in [0.29, 0.717) is 17.7 Å². The molecule has 9 heteroatoms. The van der Waals surface area contributed by atoms with Crippen molar-refractivity contribution < 1.29 is 14.1 Å². The van der Waals surface area contributed by atoms with Gasteiger partial charge in [-0.05, 0) is 43.5 Å². The van der Waals surface area contributed by atoms with Crippen LogP contribution in [-0.4, -0.2) is 20.9 Å². The van der Waals surface area contributed by atoms with E-state index in [-0.39, 0.29) is 10.9 Å². The number of hydrogen-bond acceptors (Lipinski definition) is 7. The lowest BCUT2D eigenvalue weighted by atomic mass is 10.3. The van der Waals surface area contributed by atoms with Gasteiger partial charge in [0, 0.05) is 5.71 Å². The molecule has 0 radical (unpaired) electrons. The molecule has 0 saturated heterocycles. The average molecular weight is 296 g/mol. The van der Waals surface area contributed by atoms with Gasteiger partial charge in [0.1, 0.15) is 4.92 Å². The SMILES string of the molecule is CC(=NN=C(N)SC(=O)c1ccc([N+](=O)[O-])o1)C1CC1. The molecule has 20 heavy (non-hydrogen) atoms. The Balaban J connectivity index is 1.97. The lowest BCUT2D eigenvalue weighted by molar-refractivity contribution is -0.402. The zero-order valence-corrected chi connectivity index (χ0v) is 11.4. The third kappa shape index (κ3) is 3.67. The van der Waals surface area contributed by atoms with Crippen molar-refractivity contribution in [2.45, 2.75) is 19.8 Å². The number of carbonyl (C=O) groups is 1. The molecule has 0 aliphatic heterocycles. The fourth-order valence-corrected chi connectivity index (χ4v) is 1.89. The quantitative estimate of drug-likeness (QED) is 0.393. The van der Waals surface area contributed by atoms with Crippen LogP contribution < -0.4 is 5.73 Å². The summed E-state index contributed by atoms with van der Waals surface area (Å²) < 4.78 is 4.77. The Morgan fingerprint density at radius 3 is 2.75 bits per heavy atom. The van der Waals surface area contributed by atoms with E-state index >= 15 is 0 Å². The second kappa shape index (κ2) is 5.87. The highest BCUT2D eigenvalue weighted by molar-refractivity contribution is 8.26. The first kappa shape index (κ1) is 14.3. The van der Waals surface area contributed by atoms with Crippen LogP contribution in [0.25, 0.3) is 0 Å². The number of rotatable bonds is 4. The summed E-state index contributed by atoms with van der Waals surface area (Å²) in [7, 11) is 0. The minimum atomic E-state index is -0.720. The first-order valence-corrected chi connectivity index (χ1v) is 6.63. The number of nitro groups is 1. The lowest BCUT2D eigenvalue weighted by Crippen LogP contribution is -2.10. The van der Waals surface area contributed by atoms with Crippen LogP contribution in [0.15, 0.2) is 26.8 Å². The molecule has 2 rings (SSSR count). The minimum Gasteiger partial charge on any atom is -0.396 e. The normalized spacial score (nSPS) is 16.2. The van der Waals surface area contributed by atoms with Crippen LogP contribution in [0.3, 0.4) is 0 Å². The van der Waals surface area contributed by atoms with Crippen molar-refractivity contribution in [1.29, 1.82) is 0 Å². The van der Waals surface area contributed by atoms with Gasteiger partial charge in [-0.2, -0.15) is 5.10 Å². The topological polar surface area (TPSA) is 124 Å². The molecule has 1 fully saturated rings. The predicted molar refractivity (Wildman–Crippen MR) is 74.7 cm³/mol. The van der Waals surface area contributed by atoms with Gasteiger partial charge in [-0.1, -0.05) is 0 Å². The van der Waals surface area contributed by atoms with E-state index in [4.69, 9.17) is 10.2 Å². The third-order valence-electron chi connectivity index (χ3n) is 2.64. The highest BCUT2D eigenvalue weighted by atomic mass is 32.2. The molecule has 1 heterocycles. The number of nitrogens with two attached hydrogens (primary N) is 1. The highest BCUT2D eigenvalue weighted by Gasteiger charge is 2.24. The third-order valence-corrected chi connectivity index (χ3v) is 3.32. The van der Waals surface area contributed by atoms with Gasteiger partial charge in [-0.15, -0.1) is 5.10 Å². The summed E-state index contributed by atoms with van der Waals surface area (Å²) in [5.41, 5.74) is 6.44. The molecule has 8 nitrogen and oxygen atoms in total. The Morgan fingerprint density at radius 1 is 1.50 bits per heavy atom. The Labute approximate surface area is 118 Å². The summed E-state index contributed by atoms with van der Waals surface area (Å²) >= 11 is 0.617. The molecule has 0 spiro atoms. The monoisotopic (exact) mass is 296 g/mol. The maximum absolute atomic E-state index is 11.7. The molecule has 0 unspecified atom stereocenters. The van der Waals surface area contributed by atoms with Gasteiger partial charge < -0.3 is 10.2 Å². The Morgan fingerprint density at radius 2 is 2.20 bits per heavy atom. The Bertz CT molecular complexity index is 603. The number of nitrogens with zero attached hydrogens (tertiary/aromatic N) is 3. The van der Waals surface area contributed by atoms with Crippen LogP contribution in [0.2, 0.25) is 0 Å². The molecular weight excluding hydrogens is 284 g/mol. The fraction of sp³-hybridized carbons (Fsp3) is 0.364. The Kier molecular flexibility index (Phi) is 4.18. The van der Waals surface area contributed by atoms with Gasteiger partial charge in [-0.25, -0.2) is 0 Å².